The van der Waals surface area contributed by atoms with Crippen molar-refractivity contribution in [2.75, 3.05) is 0 Å². The monoisotopic (exact) mass is 692 g/mol. The van der Waals surface area contributed by atoms with Crippen molar-refractivity contribution in [3.8, 4) is 0 Å². The summed E-state index contributed by atoms with van der Waals surface area (Å²) in [6.07, 6.45) is 2.36. The van der Waals surface area contributed by atoms with Gasteiger partial charge in [-0.15, -0.1) is 56.7 Å². The van der Waals surface area contributed by atoms with Crippen LogP contribution >= 0.6 is 56.7 Å². The molecule has 0 aliphatic heterocycles. The zero-order valence-electron chi connectivity index (χ0n) is 29.4. The first kappa shape index (κ1) is 34.8. The number of allylic oxidation sites excluding steroid dienone is 2. The molecule has 0 aromatic carbocycles. The van der Waals surface area contributed by atoms with Gasteiger partial charge in [0.05, 0.1) is 0 Å². The summed E-state index contributed by atoms with van der Waals surface area (Å²) < 4.78 is 2.95. The minimum absolute atomic E-state index is 0.665. The summed E-state index contributed by atoms with van der Waals surface area (Å²) in [5.41, 5.74) is 6.48. The van der Waals surface area contributed by atoms with E-state index in [0.717, 1.165) is 0 Å². The highest BCUT2D eigenvalue weighted by Gasteiger charge is 2.33. The summed E-state index contributed by atoms with van der Waals surface area (Å²) in [6.45, 7) is 27.2. The second kappa shape index (κ2) is 14.3. The van der Waals surface area contributed by atoms with E-state index >= 15 is 0 Å². The molecular formula is C40H52S5. The molecule has 0 fully saturated rings. The number of hydrogen-bond donors (Lipinski definition) is 0. The zero-order valence-corrected chi connectivity index (χ0v) is 33.5. The molecule has 5 heterocycles. The number of hydrogen-bond acceptors (Lipinski definition) is 5. The summed E-state index contributed by atoms with van der Waals surface area (Å²) in [5, 5.41) is 0. The molecule has 7 rings (SSSR count). The third kappa shape index (κ3) is 7.64. The van der Waals surface area contributed by atoms with Crippen LogP contribution in [-0.4, -0.2) is 0 Å². The molecule has 0 saturated carbocycles. The number of rotatable bonds is 6. The largest absolute Gasteiger partial charge is 0.145 e. The maximum Gasteiger partial charge on any atom is 0.0456 e. The molecule has 0 saturated heterocycles. The third-order valence-electron chi connectivity index (χ3n) is 8.61. The molecule has 0 unspecified atom stereocenters. The Labute approximate surface area is 293 Å². The molecule has 0 atom stereocenters. The fourth-order valence-corrected chi connectivity index (χ4v) is 11.6. The highest BCUT2D eigenvalue weighted by molar-refractivity contribution is 7.27. The molecule has 2 aliphatic rings. The van der Waals surface area contributed by atoms with Crippen LogP contribution in [0, 0.1) is 0 Å². The predicted octanol–water partition coefficient (Wildman–Crippen LogP) is 15.3. The van der Waals surface area contributed by atoms with Crippen LogP contribution in [0.4, 0.5) is 0 Å². The van der Waals surface area contributed by atoms with Crippen LogP contribution < -0.4 is 0 Å². The summed E-state index contributed by atoms with van der Waals surface area (Å²) in [4.78, 5) is 12.3. The minimum Gasteiger partial charge on any atom is -0.145 e. The van der Waals surface area contributed by atoms with Crippen molar-refractivity contribution >= 4 is 77.2 Å². The molecule has 5 heteroatoms. The Bertz CT molecular complexity index is 1610. The van der Waals surface area contributed by atoms with E-state index in [1.165, 1.54) is 41.8 Å². The van der Waals surface area contributed by atoms with E-state index in [9.17, 15) is 0 Å². The summed E-state index contributed by atoms with van der Waals surface area (Å²) in [5.74, 6) is 4.04. The SMILES string of the molecule is CC(C)c1cc2c(s1)C1=C(C2)c2sc(C(C)C)cc2C1.CC(C)c1cc2sc(C(C)C)cc2s1.CC(C)c1ccc(C(C)C)s1. The molecule has 2 aliphatic carbocycles. The molecule has 242 valence electrons. The van der Waals surface area contributed by atoms with Crippen molar-refractivity contribution < 1.29 is 0 Å². The molecule has 0 nitrogen and oxygen atoms in total. The van der Waals surface area contributed by atoms with Gasteiger partial charge in [0.25, 0.3) is 0 Å². The lowest BCUT2D eigenvalue weighted by Gasteiger charge is -2.02. The Balaban J connectivity index is 0.000000141. The molecular weight excluding hydrogens is 641 g/mol. The number of fused-ring (bicyclic) bond motifs is 5. The zero-order chi connectivity index (χ0) is 32.7. The molecule has 0 radical (unpaired) electrons. The van der Waals surface area contributed by atoms with E-state index in [0.29, 0.717) is 35.5 Å². The fourth-order valence-electron chi connectivity index (χ4n) is 5.70. The van der Waals surface area contributed by atoms with Gasteiger partial charge in [-0.25, -0.2) is 0 Å². The Morgan fingerprint density at radius 1 is 0.378 bits per heavy atom. The maximum atomic E-state index is 2.46. The van der Waals surface area contributed by atoms with Crippen molar-refractivity contribution in [1.29, 1.82) is 0 Å². The number of thiophene rings is 5. The normalized spacial score (nSPS) is 13.8. The molecule has 0 N–H and O–H groups in total. The highest BCUT2D eigenvalue weighted by Crippen LogP contribution is 2.53. The average Bonchev–Trinajstić information content (AvgIpc) is 3.77. The lowest BCUT2D eigenvalue weighted by molar-refractivity contribution is 0.888. The quantitative estimate of drug-likeness (QED) is 0.166. The van der Waals surface area contributed by atoms with E-state index in [-0.39, 0.29) is 0 Å². The van der Waals surface area contributed by atoms with Gasteiger partial charge in [-0.1, -0.05) is 83.1 Å². The van der Waals surface area contributed by atoms with Crippen LogP contribution in [0.5, 0.6) is 0 Å². The first-order valence-corrected chi connectivity index (χ1v) is 20.9. The lowest BCUT2D eigenvalue weighted by Crippen LogP contribution is -1.84. The topological polar surface area (TPSA) is 0 Å². The van der Waals surface area contributed by atoms with Gasteiger partial charge in [-0.2, -0.15) is 0 Å². The second-order valence-corrected chi connectivity index (χ2v) is 20.1. The van der Waals surface area contributed by atoms with E-state index in [2.05, 4.69) is 119 Å². The van der Waals surface area contributed by atoms with Crippen molar-refractivity contribution in [2.45, 2.75) is 131 Å². The van der Waals surface area contributed by atoms with E-state index in [4.69, 9.17) is 0 Å². The minimum atomic E-state index is 0.665. The van der Waals surface area contributed by atoms with Gasteiger partial charge < -0.3 is 0 Å². The Kier molecular flexibility index (Phi) is 11.1. The van der Waals surface area contributed by atoms with Gasteiger partial charge in [-0.05, 0) is 94.2 Å². The second-order valence-electron chi connectivity index (χ2n) is 14.5. The smallest absolute Gasteiger partial charge is 0.0456 e. The molecule has 0 amide bonds. The van der Waals surface area contributed by atoms with Gasteiger partial charge in [0.2, 0.25) is 0 Å². The van der Waals surface area contributed by atoms with Crippen LogP contribution in [0.3, 0.4) is 0 Å². The molecule has 0 spiro atoms. The van der Waals surface area contributed by atoms with Crippen LogP contribution in [-0.2, 0) is 12.8 Å². The van der Waals surface area contributed by atoms with Gasteiger partial charge in [0.1, 0.15) is 0 Å². The third-order valence-corrected chi connectivity index (χ3v) is 16.3. The summed E-state index contributed by atoms with van der Waals surface area (Å²) >= 11 is 9.93. The Morgan fingerprint density at radius 3 is 0.978 bits per heavy atom. The van der Waals surface area contributed by atoms with E-state index in [1.54, 1.807) is 41.8 Å². The van der Waals surface area contributed by atoms with Crippen molar-refractivity contribution in [3.05, 3.63) is 86.5 Å². The standard InChI is InChI=1S/C18H20S2.C12H16S2.C10H16S/c1-9(2)15-7-11-5-14-13(17(11)19-15)6-12-8-16(10(3)4)20-18(12)14;1-7(2)9-5-11-12(13-9)6-10(14-11)8(3)4;1-7(2)9-5-6-10(11-9)8(3)4/h7-10H,5-6H2,1-4H3;5-8H,1-4H3;5-8H,1-4H3. The average molecular weight is 693 g/mol. The molecule has 0 bridgehead atoms. The molecule has 5 aromatic rings. The van der Waals surface area contributed by atoms with E-state index in [1.807, 2.05) is 56.7 Å². The van der Waals surface area contributed by atoms with Crippen LogP contribution in [0.2, 0.25) is 0 Å². The van der Waals surface area contributed by atoms with Gasteiger partial charge in [-0.3, -0.25) is 0 Å². The van der Waals surface area contributed by atoms with Crippen molar-refractivity contribution in [3.63, 3.8) is 0 Å². The molecule has 45 heavy (non-hydrogen) atoms. The molecule has 5 aromatic heterocycles. The van der Waals surface area contributed by atoms with Crippen molar-refractivity contribution in [2.24, 2.45) is 0 Å². The summed E-state index contributed by atoms with van der Waals surface area (Å²) in [6, 6.07) is 14.1. The first-order chi connectivity index (χ1) is 21.2. The maximum absolute atomic E-state index is 2.46. The Hall–Kier alpha value is -1.50. The fraction of sp³-hybridized carbons (Fsp3) is 0.500. The highest BCUT2D eigenvalue weighted by atomic mass is 32.1. The lowest BCUT2D eigenvalue weighted by atomic mass is 10.1. The van der Waals surface area contributed by atoms with E-state index < -0.39 is 0 Å². The van der Waals surface area contributed by atoms with Crippen LogP contribution in [0.25, 0.3) is 20.5 Å². The summed E-state index contributed by atoms with van der Waals surface area (Å²) in [7, 11) is 0. The van der Waals surface area contributed by atoms with Crippen molar-refractivity contribution in [1.82, 2.24) is 0 Å². The van der Waals surface area contributed by atoms with Gasteiger partial charge in [0, 0.05) is 61.3 Å². The predicted molar refractivity (Wildman–Crippen MR) is 211 cm³/mol. The van der Waals surface area contributed by atoms with Crippen LogP contribution in [0.15, 0.2) is 36.4 Å². The van der Waals surface area contributed by atoms with Crippen LogP contribution in [0.1, 0.15) is 169 Å². The van der Waals surface area contributed by atoms with Gasteiger partial charge >= 0.3 is 0 Å². The Morgan fingerprint density at radius 2 is 0.689 bits per heavy atom. The first-order valence-electron chi connectivity index (χ1n) is 16.8. The van der Waals surface area contributed by atoms with Gasteiger partial charge in [0.15, 0.2) is 0 Å².